The first kappa shape index (κ1) is 14.6. The minimum Gasteiger partial charge on any atom is -0.346 e. The van der Waals surface area contributed by atoms with E-state index in [1.807, 2.05) is 60.7 Å². The van der Waals surface area contributed by atoms with Crippen LogP contribution in [0.15, 0.2) is 60.7 Å². The van der Waals surface area contributed by atoms with Crippen LogP contribution in [0.5, 0.6) is 0 Å². The van der Waals surface area contributed by atoms with E-state index >= 15 is 0 Å². The Kier molecular flexibility index (Phi) is 3.61. The van der Waals surface area contributed by atoms with Gasteiger partial charge in [0, 0.05) is 11.1 Å². The van der Waals surface area contributed by atoms with Gasteiger partial charge in [0.05, 0.1) is 6.61 Å². The van der Waals surface area contributed by atoms with Crippen molar-refractivity contribution in [2.75, 3.05) is 6.61 Å². The Bertz CT molecular complexity index is 691. The molecule has 24 heavy (non-hydrogen) atoms. The van der Waals surface area contributed by atoms with Crippen molar-refractivity contribution in [2.24, 2.45) is 0 Å². The highest BCUT2D eigenvalue weighted by Gasteiger charge is 2.55. The van der Waals surface area contributed by atoms with E-state index in [9.17, 15) is 0 Å². The summed E-state index contributed by atoms with van der Waals surface area (Å²) in [5, 5.41) is 0. The third kappa shape index (κ3) is 2.46. The maximum Gasteiger partial charge on any atom is 0.190 e. The molecule has 3 heterocycles. The zero-order valence-corrected chi connectivity index (χ0v) is 13.0. The van der Waals surface area contributed by atoms with Crippen LogP contribution in [0.2, 0.25) is 0 Å². The third-order valence-electron chi connectivity index (χ3n) is 4.64. The molecule has 124 valence electrons. The molecule has 2 aromatic carbocycles. The minimum atomic E-state index is -0.414. The van der Waals surface area contributed by atoms with Crippen LogP contribution in [0.25, 0.3) is 0 Å². The predicted molar refractivity (Wildman–Crippen MR) is 83.8 cm³/mol. The molecule has 5 nitrogen and oxygen atoms in total. The van der Waals surface area contributed by atoms with E-state index < -0.39 is 18.9 Å². The molecule has 2 aromatic rings. The molecule has 0 aliphatic carbocycles. The van der Waals surface area contributed by atoms with E-state index in [2.05, 4.69) is 0 Å². The molecule has 0 unspecified atom stereocenters. The van der Waals surface area contributed by atoms with Crippen LogP contribution >= 0.6 is 0 Å². The molecular weight excluding hydrogens is 308 g/mol. The van der Waals surface area contributed by atoms with Gasteiger partial charge in [0.25, 0.3) is 0 Å². The van der Waals surface area contributed by atoms with Crippen molar-refractivity contribution < 1.29 is 23.7 Å². The van der Waals surface area contributed by atoms with Gasteiger partial charge >= 0.3 is 0 Å². The minimum absolute atomic E-state index is 0.156. The number of fused-ring (bicyclic) bond motifs is 3. The first-order chi connectivity index (χ1) is 11.9. The number of ether oxygens (including phenoxy) is 5. The van der Waals surface area contributed by atoms with Gasteiger partial charge in [0.15, 0.2) is 18.9 Å². The first-order valence-corrected chi connectivity index (χ1v) is 8.22. The van der Waals surface area contributed by atoms with Crippen molar-refractivity contribution in [3.63, 3.8) is 0 Å². The summed E-state index contributed by atoms with van der Waals surface area (Å²) in [4.78, 5) is 0. The van der Waals surface area contributed by atoms with Gasteiger partial charge in [-0.15, -0.1) is 0 Å². The molecule has 3 saturated heterocycles. The van der Waals surface area contributed by atoms with Crippen LogP contribution in [0.3, 0.4) is 0 Å². The van der Waals surface area contributed by atoms with E-state index in [4.69, 9.17) is 23.7 Å². The van der Waals surface area contributed by atoms with Gasteiger partial charge < -0.3 is 23.7 Å². The molecule has 5 heteroatoms. The first-order valence-electron chi connectivity index (χ1n) is 8.22. The second kappa shape index (κ2) is 5.95. The second-order valence-electron chi connectivity index (χ2n) is 6.20. The monoisotopic (exact) mass is 326 g/mol. The fourth-order valence-corrected chi connectivity index (χ4v) is 3.46. The fraction of sp³-hybridized carbons (Fsp3) is 0.368. The fourth-order valence-electron chi connectivity index (χ4n) is 3.46. The molecule has 0 radical (unpaired) electrons. The maximum atomic E-state index is 6.14. The summed E-state index contributed by atoms with van der Waals surface area (Å²) in [7, 11) is 0. The van der Waals surface area contributed by atoms with Crippen LogP contribution in [-0.2, 0) is 23.7 Å². The summed E-state index contributed by atoms with van der Waals surface area (Å²) in [6.07, 6.45) is -1.81. The molecule has 0 spiro atoms. The van der Waals surface area contributed by atoms with Crippen molar-refractivity contribution in [1.29, 1.82) is 0 Å². The van der Waals surface area contributed by atoms with Crippen LogP contribution in [0.4, 0.5) is 0 Å². The highest BCUT2D eigenvalue weighted by Crippen LogP contribution is 2.43. The van der Waals surface area contributed by atoms with Crippen molar-refractivity contribution >= 4 is 0 Å². The summed E-state index contributed by atoms with van der Waals surface area (Å²) >= 11 is 0. The maximum absolute atomic E-state index is 6.14. The molecule has 3 aliphatic rings. The normalized spacial score (nSPS) is 37.8. The molecule has 0 saturated carbocycles. The van der Waals surface area contributed by atoms with Gasteiger partial charge in [0.1, 0.15) is 18.3 Å². The standard InChI is InChI=1S/C19H18O5/c1-3-7-12(8-4-1)17-20-11-14-15(22-17)16-19(21-14)24-18(23-16)13-9-5-2-6-10-13/h1-10,14-19H,11H2/t14-,15+,16-,17-,18-,19-/m1/s1. The van der Waals surface area contributed by atoms with Crippen molar-refractivity contribution in [1.82, 2.24) is 0 Å². The second-order valence-corrected chi connectivity index (χ2v) is 6.20. The Hall–Kier alpha value is -1.76. The van der Waals surface area contributed by atoms with E-state index in [0.717, 1.165) is 11.1 Å². The van der Waals surface area contributed by atoms with Crippen molar-refractivity contribution in [2.45, 2.75) is 37.2 Å². The van der Waals surface area contributed by atoms with E-state index in [1.165, 1.54) is 0 Å². The number of benzene rings is 2. The lowest BCUT2D eigenvalue weighted by Crippen LogP contribution is -2.43. The van der Waals surface area contributed by atoms with Crippen LogP contribution in [0.1, 0.15) is 23.7 Å². The molecule has 0 bridgehead atoms. The molecule has 5 rings (SSSR count). The average molecular weight is 326 g/mol. The third-order valence-corrected chi connectivity index (χ3v) is 4.64. The Morgan fingerprint density at radius 1 is 0.625 bits per heavy atom. The molecule has 0 amide bonds. The van der Waals surface area contributed by atoms with E-state index in [0.29, 0.717) is 6.61 Å². The van der Waals surface area contributed by atoms with Crippen molar-refractivity contribution in [3.8, 4) is 0 Å². The molecule has 6 atom stereocenters. The van der Waals surface area contributed by atoms with Crippen LogP contribution in [0, 0.1) is 0 Å². The molecule has 3 aliphatic heterocycles. The topological polar surface area (TPSA) is 46.2 Å². The van der Waals surface area contributed by atoms with E-state index in [-0.39, 0.29) is 18.3 Å². The quantitative estimate of drug-likeness (QED) is 0.849. The van der Waals surface area contributed by atoms with E-state index in [1.54, 1.807) is 0 Å². The summed E-state index contributed by atoms with van der Waals surface area (Å²) in [6.45, 7) is 0.472. The lowest BCUT2D eigenvalue weighted by atomic mass is 10.1. The molecule has 0 N–H and O–H groups in total. The Labute approximate surface area is 140 Å². The summed E-state index contributed by atoms with van der Waals surface area (Å²) < 4.78 is 29.9. The lowest BCUT2D eigenvalue weighted by Gasteiger charge is -2.33. The zero-order valence-electron chi connectivity index (χ0n) is 13.0. The van der Waals surface area contributed by atoms with Crippen LogP contribution in [-0.4, -0.2) is 31.2 Å². The largest absolute Gasteiger partial charge is 0.346 e. The summed E-state index contributed by atoms with van der Waals surface area (Å²) in [6, 6.07) is 19.8. The van der Waals surface area contributed by atoms with Gasteiger partial charge in [-0.25, -0.2) is 0 Å². The highest BCUT2D eigenvalue weighted by molar-refractivity contribution is 5.18. The number of hydrogen-bond donors (Lipinski definition) is 0. The number of hydrogen-bond acceptors (Lipinski definition) is 5. The van der Waals surface area contributed by atoms with Crippen LogP contribution < -0.4 is 0 Å². The van der Waals surface area contributed by atoms with Gasteiger partial charge in [-0.3, -0.25) is 0 Å². The SMILES string of the molecule is c1ccc([C@@H]2OC[C@H]3O[C@@H]4O[C@H](c5ccccc5)O[C@@H]4[C@H]3O2)cc1. The van der Waals surface area contributed by atoms with Gasteiger partial charge in [0.2, 0.25) is 0 Å². The highest BCUT2D eigenvalue weighted by atomic mass is 16.8. The van der Waals surface area contributed by atoms with Gasteiger partial charge in [-0.05, 0) is 0 Å². The average Bonchev–Trinajstić information content (AvgIpc) is 3.21. The summed E-state index contributed by atoms with van der Waals surface area (Å²) in [5.74, 6) is 0. The van der Waals surface area contributed by atoms with Gasteiger partial charge in [-0.2, -0.15) is 0 Å². The zero-order chi connectivity index (χ0) is 15.9. The Morgan fingerprint density at radius 2 is 1.25 bits per heavy atom. The number of rotatable bonds is 2. The van der Waals surface area contributed by atoms with Gasteiger partial charge in [-0.1, -0.05) is 60.7 Å². The predicted octanol–water partition coefficient (Wildman–Crippen LogP) is 2.94. The molecule has 0 aromatic heterocycles. The lowest BCUT2D eigenvalue weighted by molar-refractivity contribution is -0.273. The smallest absolute Gasteiger partial charge is 0.190 e. The molecule has 3 fully saturated rings. The molecular formula is C19H18O5. The summed E-state index contributed by atoms with van der Waals surface area (Å²) in [5.41, 5.74) is 1.98. The Morgan fingerprint density at radius 3 is 1.96 bits per heavy atom. The Balaban J connectivity index is 1.33. The van der Waals surface area contributed by atoms with Crippen molar-refractivity contribution in [3.05, 3.63) is 71.8 Å².